The van der Waals surface area contributed by atoms with Crippen molar-refractivity contribution >= 4 is 23.4 Å². The van der Waals surface area contributed by atoms with E-state index in [2.05, 4.69) is 25.3 Å². The Balaban J connectivity index is 2.38. The van der Waals surface area contributed by atoms with E-state index in [0.29, 0.717) is 11.1 Å². The fourth-order valence-electron chi connectivity index (χ4n) is 1.11. The molecule has 2 heterocycles. The molecule has 0 aliphatic rings. The largest absolute Gasteiger partial charge is 0.357 e. The molecular formula is C9H8N6O2S. The summed E-state index contributed by atoms with van der Waals surface area (Å²) in [6.07, 6.45) is 4.27. The molecule has 0 saturated heterocycles. The number of nitro groups is 1. The van der Waals surface area contributed by atoms with Gasteiger partial charge in [0, 0.05) is 19.4 Å². The van der Waals surface area contributed by atoms with Gasteiger partial charge in [0.2, 0.25) is 5.95 Å². The van der Waals surface area contributed by atoms with Gasteiger partial charge >= 0.3 is 5.69 Å². The summed E-state index contributed by atoms with van der Waals surface area (Å²) < 4.78 is 0. The van der Waals surface area contributed by atoms with Gasteiger partial charge in [0.25, 0.3) is 0 Å². The van der Waals surface area contributed by atoms with Crippen LogP contribution in [0.2, 0.25) is 0 Å². The van der Waals surface area contributed by atoms with E-state index in [9.17, 15) is 10.1 Å². The van der Waals surface area contributed by atoms with Gasteiger partial charge in [-0.1, -0.05) is 0 Å². The number of nitrogens with zero attached hydrogens (tertiary/aromatic N) is 5. The second-order valence-corrected chi connectivity index (χ2v) is 3.98. The van der Waals surface area contributed by atoms with Crippen LogP contribution in [0.25, 0.3) is 0 Å². The minimum absolute atomic E-state index is 0.175. The second-order valence-electron chi connectivity index (χ2n) is 3.02. The van der Waals surface area contributed by atoms with Crippen LogP contribution in [0.5, 0.6) is 0 Å². The Morgan fingerprint density at radius 3 is 2.67 bits per heavy atom. The number of rotatable bonds is 4. The molecule has 92 valence electrons. The van der Waals surface area contributed by atoms with Crippen LogP contribution in [-0.4, -0.2) is 31.9 Å². The maximum Gasteiger partial charge on any atom is 0.320 e. The van der Waals surface area contributed by atoms with Gasteiger partial charge in [0.1, 0.15) is 6.20 Å². The standard InChI is InChI=1S/C9H8N6O2S/c1-10-8-13-5-6(15(16)17)7(14-8)18-9-11-3-2-4-12-9/h2-5H,1H3,(H,10,13,14). The Kier molecular flexibility index (Phi) is 3.63. The highest BCUT2D eigenvalue weighted by atomic mass is 32.2. The molecule has 0 saturated carbocycles. The highest BCUT2D eigenvalue weighted by Gasteiger charge is 2.19. The molecule has 0 fully saturated rings. The van der Waals surface area contributed by atoms with Crippen molar-refractivity contribution in [3.05, 3.63) is 34.8 Å². The molecule has 9 heteroatoms. The van der Waals surface area contributed by atoms with Gasteiger partial charge in [-0.15, -0.1) is 0 Å². The normalized spacial score (nSPS) is 10.1. The lowest BCUT2D eigenvalue weighted by atomic mass is 10.5. The molecule has 18 heavy (non-hydrogen) atoms. The first kappa shape index (κ1) is 12.2. The number of aromatic nitrogens is 4. The highest BCUT2D eigenvalue weighted by molar-refractivity contribution is 7.99. The first-order chi connectivity index (χ1) is 8.70. The van der Waals surface area contributed by atoms with Gasteiger partial charge in [-0.2, -0.15) is 4.98 Å². The van der Waals surface area contributed by atoms with Crippen molar-refractivity contribution in [1.29, 1.82) is 0 Å². The molecule has 0 aromatic carbocycles. The topological polar surface area (TPSA) is 107 Å². The number of nitrogens with one attached hydrogen (secondary N) is 1. The predicted octanol–water partition coefficient (Wildman–Crippen LogP) is 1.37. The highest BCUT2D eigenvalue weighted by Crippen LogP contribution is 2.30. The third kappa shape index (κ3) is 2.69. The van der Waals surface area contributed by atoms with Gasteiger partial charge in [-0.3, -0.25) is 10.1 Å². The Bertz CT molecular complexity index is 564. The molecule has 0 unspecified atom stereocenters. The van der Waals surface area contributed by atoms with Crippen molar-refractivity contribution in [3.8, 4) is 0 Å². The van der Waals surface area contributed by atoms with Crippen LogP contribution < -0.4 is 5.32 Å². The zero-order chi connectivity index (χ0) is 13.0. The average molecular weight is 264 g/mol. The van der Waals surface area contributed by atoms with Crippen molar-refractivity contribution in [1.82, 2.24) is 19.9 Å². The Morgan fingerprint density at radius 1 is 1.33 bits per heavy atom. The average Bonchev–Trinajstić information content (AvgIpc) is 2.39. The van der Waals surface area contributed by atoms with Crippen LogP contribution in [0.15, 0.2) is 34.8 Å². The van der Waals surface area contributed by atoms with E-state index in [4.69, 9.17) is 0 Å². The van der Waals surface area contributed by atoms with Crippen LogP contribution in [0.3, 0.4) is 0 Å². The van der Waals surface area contributed by atoms with E-state index in [-0.39, 0.29) is 10.7 Å². The summed E-state index contributed by atoms with van der Waals surface area (Å²) in [4.78, 5) is 26.1. The van der Waals surface area contributed by atoms with Crippen molar-refractivity contribution < 1.29 is 4.92 Å². The summed E-state index contributed by atoms with van der Waals surface area (Å²) in [7, 11) is 1.63. The summed E-state index contributed by atoms with van der Waals surface area (Å²) in [6.45, 7) is 0. The molecule has 0 amide bonds. The lowest BCUT2D eigenvalue weighted by molar-refractivity contribution is -0.388. The molecule has 0 spiro atoms. The molecule has 0 aliphatic heterocycles. The minimum Gasteiger partial charge on any atom is -0.357 e. The van der Waals surface area contributed by atoms with Gasteiger partial charge in [0.05, 0.1) is 4.92 Å². The van der Waals surface area contributed by atoms with E-state index in [1.54, 1.807) is 25.5 Å². The van der Waals surface area contributed by atoms with Crippen molar-refractivity contribution in [2.45, 2.75) is 10.2 Å². The molecule has 0 aliphatic carbocycles. The van der Waals surface area contributed by atoms with Gasteiger partial charge in [0.15, 0.2) is 10.2 Å². The van der Waals surface area contributed by atoms with E-state index in [0.717, 1.165) is 18.0 Å². The maximum absolute atomic E-state index is 10.9. The molecule has 2 rings (SSSR count). The first-order valence-electron chi connectivity index (χ1n) is 4.84. The first-order valence-corrected chi connectivity index (χ1v) is 5.66. The quantitative estimate of drug-likeness (QED) is 0.382. The Hall–Kier alpha value is -2.29. The minimum atomic E-state index is -0.537. The van der Waals surface area contributed by atoms with Crippen molar-refractivity contribution in [2.24, 2.45) is 0 Å². The van der Waals surface area contributed by atoms with Crippen molar-refractivity contribution in [2.75, 3.05) is 12.4 Å². The number of anilines is 1. The van der Waals surface area contributed by atoms with E-state index in [1.165, 1.54) is 0 Å². The SMILES string of the molecule is CNc1ncc([N+](=O)[O-])c(Sc2ncccn2)n1. The summed E-state index contributed by atoms with van der Waals surface area (Å²) in [5.41, 5.74) is -0.175. The summed E-state index contributed by atoms with van der Waals surface area (Å²) in [5.74, 6) is 0.305. The maximum atomic E-state index is 10.9. The second kappa shape index (κ2) is 5.36. The number of hydrogen-bond donors (Lipinski definition) is 1. The van der Waals surface area contributed by atoms with Crippen LogP contribution in [0, 0.1) is 10.1 Å². The lowest BCUT2D eigenvalue weighted by Gasteiger charge is -2.02. The molecule has 0 radical (unpaired) electrons. The zero-order valence-electron chi connectivity index (χ0n) is 9.27. The summed E-state index contributed by atoms with van der Waals surface area (Å²) >= 11 is 1.02. The lowest BCUT2D eigenvalue weighted by Crippen LogP contribution is -2.01. The van der Waals surface area contributed by atoms with E-state index < -0.39 is 4.92 Å². The number of hydrogen-bond acceptors (Lipinski definition) is 8. The molecule has 0 atom stereocenters. The predicted molar refractivity (Wildman–Crippen MR) is 64.4 cm³/mol. The smallest absolute Gasteiger partial charge is 0.320 e. The van der Waals surface area contributed by atoms with Crippen LogP contribution in [-0.2, 0) is 0 Å². The van der Waals surface area contributed by atoms with E-state index >= 15 is 0 Å². The van der Waals surface area contributed by atoms with Gasteiger partial charge in [-0.25, -0.2) is 15.0 Å². The summed E-state index contributed by atoms with van der Waals surface area (Å²) in [5, 5.41) is 14.2. The molecular weight excluding hydrogens is 256 g/mol. The van der Waals surface area contributed by atoms with Crippen molar-refractivity contribution in [3.63, 3.8) is 0 Å². The van der Waals surface area contributed by atoms with Crippen LogP contribution >= 0.6 is 11.8 Å². The van der Waals surface area contributed by atoms with Crippen LogP contribution in [0.4, 0.5) is 11.6 Å². The van der Waals surface area contributed by atoms with Gasteiger partial charge < -0.3 is 5.32 Å². The summed E-state index contributed by atoms with van der Waals surface area (Å²) in [6, 6.07) is 1.66. The van der Waals surface area contributed by atoms with Crippen LogP contribution in [0.1, 0.15) is 0 Å². The van der Waals surface area contributed by atoms with E-state index in [1.807, 2.05) is 0 Å². The molecule has 2 aromatic rings. The monoisotopic (exact) mass is 264 g/mol. The zero-order valence-corrected chi connectivity index (χ0v) is 10.1. The third-order valence-electron chi connectivity index (χ3n) is 1.89. The Labute approximate surface area is 106 Å². The molecule has 1 N–H and O–H groups in total. The Morgan fingerprint density at radius 2 is 2.06 bits per heavy atom. The molecule has 0 bridgehead atoms. The fraction of sp³-hybridized carbons (Fsp3) is 0.111. The third-order valence-corrected chi connectivity index (χ3v) is 2.77. The molecule has 8 nitrogen and oxygen atoms in total. The van der Waals surface area contributed by atoms with Gasteiger partial charge in [-0.05, 0) is 17.8 Å². The molecule has 2 aromatic heterocycles. The fourth-order valence-corrected chi connectivity index (χ4v) is 1.87.